The Kier molecular flexibility index (Phi) is 4.50. The van der Waals surface area contributed by atoms with Crippen LogP contribution in [0, 0.1) is 10.1 Å². The maximum Gasteiger partial charge on any atom is 0.270 e. The van der Waals surface area contributed by atoms with Crippen molar-refractivity contribution in [1.29, 1.82) is 0 Å². The molecule has 0 aliphatic heterocycles. The van der Waals surface area contributed by atoms with Gasteiger partial charge in [-0.1, -0.05) is 11.6 Å². The first-order chi connectivity index (χ1) is 13.5. The number of halogens is 1. The second-order valence-electron chi connectivity index (χ2n) is 5.94. The van der Waals surface area contributed by atoms with E-state index in [0.717, 1.165) is 5.56 Å². The van der Waals surface area contributed by atoms with Crippen LogP contribution in [-0.4, -0.2) is 21.2 Å². The Bertz CT molecular complexity index is 1220. The van der Waals surface area contributed by atoms with Gasteiger partial charge in [-0.2, -0.15) is 0 Å². The Labute approximate surface area is 163 Å². The number of non-ortho nitro benzene ring substituents is 1. The molecule has 0 aliphatic rings. The lowest BCUT2D eigenvalue weighted by Gasteiger charge is -1.99. The number of phenols is 1. The van der Waals surface area contributed by atoms with Crippen molar-refractivity contribution < 1.29 is 14.4 Å². The highest BCUT2D eigenvalue weighted by Gasteiger charge is 2.10. The van der Waals surface area contributed by atoms with Crippen molar-refractivity contribution >= 4 is 40.3 Å². The van der Waals surface area contributed by atoms with Gasteiger partial charge in [0, 0.05) is 34.5 Å². The van der Waals surface area contributed by atoms with Crippen molar-refractivity contribution in [2.75, 3.05) is 0 Å². The lowest BCUT2D eigenvalue weighted by Crippen LogP contribution is -1.90. The minimum atomic E-state index is -0.531. The van der Waals surface area contributed by atoms with Crippen LogP contribution < -0.4 is 0 Å². The van der Waals surface area contributed by atoms with Gasteiger partial charge in [0.15, 0.2) is 5.58 Å². The van der Waals surface area contributed by atoms with Gasteiger partial charge in [-0.25, -0.2) is 4.98 Å². The highest BCUT2D eigenvalue weighted by Crippen LogP contribution is 2.28. The fraction of sp³-hybridized carbons (Fsp3) is 0. The topological polar surface area (TPSA) is 102 Å². The van der Waals surface area contributed by atoms with Gasteiger partial charge < -0.3 is 9.52 Å². The summed E-state index contributed by atoms with van der Waals surface area (Å²) in [7, 11) is 0. The molecule has 0 spiro atoms. The van der Waals surface area contributed by atoms with E-state index in [2.05, 4.69) is 9.98 Å². The summed E-state index contributed by atoms with van der Waals surface area (Å²) in [5.41, 5.74) is 2.70. The summed E-state index contributed by atoms with van der Waals surface area (Å²) in [4.78, 5) is 19.1. The molecule has 0 saturated carbocycles. The smallest absolute Gasteiger partial charge is 0.270 e. The Balaban J connectivity index is 1.65. The van der Waals surface area contributed by atoms with Gasteiger partial charge in [0.2, 0.25) is 5.89 Å². The number of aromatic nitrogens is 1. The Morgan fingerprint density at radius 3 is 2.64 bits per heavy atom. The van der Waals surface area contributed by atoms with Crippen LogP contribution in [0.25, 0.3) is 22.6 Å². The second kappa shape index (κ2) is 7.13. The first-order valence-electron chi connectivity index (χ1n) is 8.17. The zero-order chi connectivity index (χ0) is 19.7. The summed E-state index contributed by atoms with van der Waals surface area (Å²) in [6.07, 6.45) is 1.36. The monoisotopic (exact) mass is 393 g/mol. The molecule has 28 heavy (non-hydrogen) atoms. The highest BCUT2D eigenvalue weighted by molar-refractivity contribution is 6.30. The zero-order valence-corrected chi connectivity index (χ0v) is 15.0. The van der Waals surface area contributed by atoms with E-state index < -0.39 is 4.92 Å². The summed E-state index contributed by atoms with van der Waals surface area (Å²) in [6.45, 7) is 0. The third-order valence-corrected chi connectivity index (χ3v) is 4.29. The molecule has 1 heterocycles. The van der Waals surface area contributed by atoms with Crippen LogP contribution in [0.5, 0.6) is 5.75 Å². The summed E-state index contributed by atoms with van der Waals surface area (Å²) >= 11 is 5.90. The normalized spacial score (nSPS) is 11.3. The number of rotatable bonds is 4. The zero-order valence-electron chi connectivity index (χ0n) is 14.2. The molecule has 0 aliphatic carbocycles. The molecular weight excluding hydrogens is 382 g/mol. The average Bonchev–Trinajstić information content (AvgIpc) is 3.11. The van der Waals surface area contributed by atoms with Crippen molar-refractivity contribution in [2.45, 2.75) is 0 Å². The molecule has 0 fully saturated rings. The number of fused-ring (bicyclic) bond motifs is 1. The van der Waals surface area contributed by atoms with E-state index in [1.165, 1.54) is 24.4 Å². The van der Waals surface area contributed by atoms with Crippen LogP contribution in [0.1, 0.15) is 5.56 Å². The molecule has 3 aromatic carbocycles. The van der Waals surface area contributed by atoms with Gasteiger partial charge in [0.05, 0.1) is 10.6 Å². The van der Waals surface area contributed by atoms with Crippen molar-refractivity contribution in [3.63, 3.8) is 0 Å². The first-order valence-corrected chi connectivity index (χ1v) is 8.55. The molecule has 7 nitrogen and oxygen atoms in total. The fourth-order valence-corrected chi connectivity index (χ4v) is 2.74. The SMILES string of the molecule is O=[N+]([O-])c1ccc(O)c(C=Nc2ccc3oc(-c4ccc(Cl)cc4)nc3c2)c1. The Morgan fingerprint density at radius 2 is 1.89 bits per heavy atom. The molecule has 138 valence electrons. The molecule has 4 aromatic rings. The van der Waals surface area contributed by atoms with Crippen molar-refractivity contribution in [1.82, 2.24) is 4.98 Å². The first kappa shape index (κ1) is 17.7. The van der Waals surface area contributed by atoms with Crippen LogP contribution in [0.2, 0.25) is 5.02 Å². The quantitative estimate of drug-likeness (QED) is 0.279. The largest absolute Gasteiger partial charge is 0.507 e. The number of nitrogens with zero attached hydrogens (tertiary/aromatic N) is 3. The van der Waals surface area contributed by atoms with E-state index in [9.17, 15) is 15.2 Å². The highest BCUT2D eigenvalue weighted by atomic mass is 35.5. The third-order valence-electron chi connectivity index (χ3n) is 4.04. The number of nitro groups is 1. The second-order valence-corrected chi connectivity index (χ2v) is 6.37. The standard InChI is InChI=1S/C20H12ClN3O4/c21-14-3-1-12(2-4-14)20-23-17-10-15(5-8-19(17)28-20)22-11-13-9-16(24(26)27)6-7-18(13)25/h1-11,25H. The number of phenolic OH excluding ortho intramolecular Hbond substituents is 1. The van der Waals surface area contributed by atoms with Gasteiger partial charge in [-0.3, -0.25) is 15.1 Å². The summed E-state index contributed by atoms with van der Waals surface area (Å²) in [5, 5.41) is 21.4. The van der Waals surface area contributed by atoms with E-state index in [0.29, 0.717) is 27.7 Å². The third kappa shape index (κ3) is 3.56. The lowest BCUT2D eigenvalue weighted by molar-refractivity contribution is -0.384. The predicted molar refractivity (Wildman–Crippen MR) is 106 cm³/mol. The molecule has 0 bridgehead atoms. The Hall–Kier alpha value is -3.71. The van der Waals surface area contributed by atoms with Gasteiger partial charge in [0.25, 0.3) is 5.69 Å². The van der Waals surface area contributed by atoms with E-state index in [4.69, 9.17) is 16.0 Å². The van der Waals surface area contributed by atoms with Gasteiger partial charge in [0.1, 0.15) is 11.3 Å². The van der Waals surface area contributed by atoms with Crippen molar-refractivity contribution in [2.24, 2.45) is 4.99 Å². The molecule has 0 saturated heterocycles. The molecular formula is C20H12ClN3O4. The lowest BCUT2D eigenvalue weighted by atomic mass is 10.2. The van der Waals surface area contributed by atoms with Crippen LogP contribution in [0.15, 0.2) is 70.1 Å². The Morgan fingerprint density at radius 1 is 1.11 bits per heavy atom. The number of nitro benzene ring substituents is 1. The van der Waals surface area contributed by atoms with E-state index in [1.54, 1.807) is 30.3 Å². The fourth-order valence-electron chi connectivity index (χ4n) is 2.62. The average molecular weight is 394 g/mol. The molecule has 0 atom stereocenters. The molecule has 1 aromatic heterocycles. The van der Waals surface area contributed by atoms with Crippen LogP contribution in [0.4, 0.5) is 11.4 Å². The minimum Gasteiger partial charge on any atom is -0.507 e. The van der Waals surface area contributed by atoms with Gasteiger partial charge in [-0.05, 0) is 48.5 Å². The number of aliphatic imine (C=N–C) groups is 1. The van der Waals surface area contributed by atoms with Crippen molar-refractivity contribution in [3.8, 4) is 17.2 Å². The maximum absolute atomic E-state index is 10.9. The molecule has 0 amide bonds. The molecule has 8 heteroatoms. The van der Waals surface area contributed by atoms with Crippen LogP contribution in [0.3, 0.4) is 0 Å². The number of hydrogen-bond donors (Lipinski definition) is 1. The number of oxazole rings is 1. The van der Waals surface area contributed by atoms with E-state index in [-0.39, 0.29) is 17.0 Å². The summed E-state index contributed by atoms with van der Waals surface area (Å²) in [6, 6.07) is 16.1. The summed E-state index contributed by atoms with van der Waals surface area (Å²) in [5.74, 6) is 0.367. The minimum absolute atomic E-state index is 0.0955. The van der Waals surface area contributed by atoms with E-state index >= 15 is 0 Å². The maximum atomic E-state index is 10.9. The predicted octanol–water partition coefficient (Wildman–Crippen LogP) is 5.51. The number of hydrogen-bond acceptors (Lipinski definition) is 6. The molecule has 1 N–H and O–H groups in total. The van der Waals surface area contributed by atoms with Crippen LogP contribution in [-0.2, 0) is 0 Å². The number of aromatic hydroxyl groups is 1. The number of benzene rings is 3. The van der Waals surface area contributed by atoms with Gasteiger partial charge in [-0.15, -0.1) is 0 Å². The van der Waals surface area contributed by atoms with Crippen LogP contribution >= 0.6 is 11.6 Å². The van der Waals surface area contributed by atoms with Crippen molar-refractivity contribution in [3.05, 3.63) is 81.4 Å². The molecule has 0 radical (unpaired) electrons. The molecule has 4 rings (SSSR count). The van der Waals surface area contributed by atoms with Gasteiger partial charge >= 0.3 is 0 Å². The summed E-state index contributed by atoms with van der Waals surface area (Å²) < 4.78 is 5.75. The van der Waals surface area contributed by atoms with E-state index in [1.807, 2.05) is 12.1 Å². The molecule has 0 unspecified atom stereocenters.